The molecule has 2 aromatic carbocycles. The second kappa shape index (κ2) is 6.29. The van der Waals surface area contributed by atoms with Crippen LogP contribution >= 0.6 is 0 Å². The number of benzene rings is 2. The maximum atomic E-state index is 4.83. The van der Waals surface area contributed by atoms with Crippen molar-refractivity contribution in [2.45, 2.75) is 32.6 Å². The van der Waals surface area contributed by atoms with Gasteiger partial charge < -0.3 is 0 Å². The lowest BCUT2D eigenvalue weighted by atomic mass is 9.89. The molecule has 0 aliphatic rings. The summed E-state index contributed by atoms with van der Waals surface area (Å²) in [4.78, 5) is 4.83. The van der Waals surface area contributed by atoms with Crippen LogP contribution in [0.2, 0.25) is 0 Å². The van der Waals surface area contributed by atoms with Gasteiger partial charge in [-0.3, -0.25) is 0 Å². The van der Waals surface area contributed by atoms with Crippen LogP contribution in [0.3, 0.4) is 0 Å². The highest BCUT2D eigenvalue weighted by atomic mass is 15.2. The fraction of sp³-hybridized carbons (Fsp3) is 0.250. The van der Waals surface area contributed by atoms with E-state index in [1.165, 1.54) is 5.56 Å². The first-order valence-corrected chi connectivity index (χ1v) is 7.87. The maximum absolute atomic E-state index is 4.83. The Hall–Kier alpha value is -2.55. The molecule has 3 heteroatoms. The van der Waals surface area contributed by atoms with Crippen LogP contribution in [0.4, 0.5) is 0 Å². The van der Waals surface area contributed by atoms with Crippen LogP contribution in [0.25, 0.3) is 11.4 Å². The van der Waals surface area contributed by atoms with E-state index in [9.17, 15) is 0 Å². The van der Waals surface area contributed by atoms with Crippen molar-refractivity contribution in [1.82, 2.24) is 15.2 Å². The smallest absolute Gasteiger partial charge is 0.182 e. The Balaban J connectivity index is 2.06. The Morgan fingerprint density at radius 1 is 0.783 bits per heavy atom. The molecule has 0 aliphatic carbocycles. The molecule has 0 fully saturated rings. The first-order chi connectivity index (χ1) is 11.0. The van der Waals surface area contributed by atoms with Gasteiger partial charge in [-0.05, 0) is 5.56 Å². The number of rotatable bonds is 3. The first-order valence-electron chi connectivity index (χ1n) is 7.87. The summed E-state index contributed by atoms with van der Waals surface area (Å²) in [6.45, 7) is 6.44. The zero-order chi connectivity index (χ0) is 16.3. The summed E-state index contributed by atoms with van der Waals surface area (Å²) in [6, 6.07) is 20.4. The van der Waals surface area contributed by atoms with Gasteiger partial charge in [-0.2, -0.15) is 5.10 Å². The number of aromatic nitrogens is 3. The monoisotopic (exact) mass is 303 g/mol. The quantitative estimate of drug-likeness (QED) is 0.718. The third kappa shape index (κ3) is 3.62. The molecule has 0 radical (unpaired) electrons. The average molecular weight is 303 g/mol. The van der Waals surface area contributed by atoms with Gasteiger partial charge in [0, 0.05) is 17.4 Å². The number of nitrogens with zero attached hydrogens (tertiary/aromatic N) is 3. The Morgan fingerprint density at radius 3 is 2.00 bits per heavy atom. The van der Waals surface area contributed by atoms with Crippen LogP contribution in [0.5, 0.6) is 0 Å². The summed E-state index contributed by atoms with van der Waals surface area (Å²) in [5, 5.41) is 8.87. The van der Waals surface area contributed by atoms with Gasteiger partial charge in [0.1, 0.15) is 0 Å². The van der Waals surface area contributed by atoms with Gasteiger partial charge in [-0.1, -0.05) is 81.4 Å². The molecule has 0 aliphatic heterocycles. The molecule has 1 aromatic heterocycles. The molecule has 0 saturated heterocycles. The zero-order valence-corrected chi connectivity index (χ0v) is 13.8. The standard InChI is InChI=1S/C20H21N3/c1-20(2,3)18-17(14-15-10-6-4-7-11-15)21-19(23-22-18)16-12-8-5-9-13-16/h4-13H,14H2,1-3H3. The van der Waals surface area contributed by atoms with Gasteiger partial charge in [0.15, 0.2) is 5.82 Å². The van der Waals surface area contributed by atoms with Gasteiger partial charge in [0.2, 0.25) is 0 Å². The van der Waals surface area contributed by atoms with Crippen LogP contribution in [0, 0.1) is 0 Å². The molecule has 1 heterocycles. The Morgan fingerprint density at radius 2 is 1.39 bits per heavy atom. The van der Waals surface area contributed by atoms with E-state index >= 15 is 0 Å². The molecule has 0 amide bonds. The topological polar surface area (TPSA) is 38.7 Å². The third-order valence-corrected chi connectivity index (χ3v) is 3.72. The summed E-state index contributed by atoms with van der Waals surface area (Å²) in [6.07, 6.45) is 0.767. The summed E-state index contributed by atoms with van der Waals surface area (Å²) in [7, 11) is 0. The van der Waals surface area contributed by atoms with Crippen molar-refractivity contribution in [2.24, 2.45) is 0 Å². The van der Waals surface area contributed by atoms with E-state index in [-0.39, 0.29) is 5.41 Å². The predicted molar refractivity (Wildman–Crippen MR) is 93.2 cm³/mol. The second-order valence-corrected chi connectivity index (χ2v) is 6.71. The second-order valence-electron chi connectivity index (χ2n) is 6.71. The van der Waals surface area contributed by atoms with Crippen LogP contribution in [0.1, 0.15) is 37.7 Å². The molecule has 23 heavy (non-hydrogen) atoms. The van der Waals surface area contributed by atoms with Crippen LogP contribution in [0.15, 0.2) is 60.7 Å². The zero-order valence-electron chi connectivity index (χ0n) is 13.8. The Kier molecular flexibility index (Phi) is 4.20. The highest BCUT2D eigenvalue weighted by Crippen LogP contribution is 2.25. The molecule has 0 N–H and O–H groups in total. The van der Waals surface area contributed by atoms with Gasteiger partial charge >= 0.3 is 0 Å². The third-order valence-electron chi connectivity index (χ3n) is 3.72. The average Bonchev–Trinajstić information content (AvgIpc) is 2.55. The van der Waals surface area contributed by atoms with Crippen molar-refractivity contribution in [3.63, 3.8) is 0 Å². The van der Waals surface area contributed by atoms with Crippen LogP contribution < -0.4 is 0 Å². The van der Waals surface area contributed by atoms with Crippen LogP contribution in [-0.2, 0) is 11.8 Å². The largest absolute Gasteiger partial charge is 0.229 e. The summed E-state index contributed by atoms with van der Waals surface area (Å²) < 4.78 is 0. The van der Waals surface area contributed by atoms with Gasteiger partial charge in [0.05, 0.1) is 11.4 Å². The molecule has 0 atom stereocenters. The van der Waals surface area contributed by atoms with E-state index in [0.717, 1.165) is 23.4 Å². The lowest BCUT2D eigenvalue weighted by Crippen LogP contribution is -2.19. The molecule has 0 bridgehead atoms. The van der Waals surface area contributed by atoms with Crippen LogP contribution in [-0.4, -0.2) is 15.2 Å². The minimum absolute atomic E-state index is 0.0840. The molecule has 0 saturated carbocycles. The predicted octanol–water partition coefficient (Wildman–Crippen LogP) is 4.43. The van der Waals surface area contributed by atoms with Crippen molar-refractivity contribution in [2.75, 3.05) is 0 Å². The normalized spacial score (nSPS) is 11.4. The molecule has 0 unspecified atom stereocenters. The molecule has 3 aromatic rings. The van der Waals surface area contributed by atoms with Crippen molar-refractivity contribution in [3.8, 4) is 11.4 Å². The molecule has 3 nitrogen and oxygen atoms in total. The fourth-order valence-corrected chi connectivity index (χ4v) is 2.56. The molecular formula is C20H21N3. The summed E-state index contributed by atoms with van der Waals surface area (Å²) >= 11 is 0. The molecule has 116 valence electrons. The fourth-order valence-electron chi connectivity index (χ4n) is 2.56. The Bertz CT molecular complexity index is 775. The van der Waals surface area contributed by atoms with E-state index in [4.69, 9.17) is 4.98 Å². The minimum Gasteiger partial charge on any atom is -0.229 e. The van der Waals surface area contributed by atoms with E-state index in [1.807, 2.05) is 36.4 Å². The van der Waals surface area contributed by atoms with Crippen molar-refractivity contribution >= 4 is 0 Å². The van der Waals surface area contributed by atoms with E-state index in [2.05, 4.69) is 55.2 Å². The molecule has 3 rings (SSSR count). The number of hydrogen-bond donors (Lipinski definition) is 0. The lowest BCUT2D eigenvalue weighted by molar-refractivity contribution is 0.545. The highest BCUT2D eigenvalue weighted by molar-refractivity contribution is 5.54. The van der Waals surface area contributed by atoms with E-state index < -0.39 is 0 Å². The summed E-state index contributed by atoms with van der Waals surface area (Å²) in [5.41, 5.74) is 4.10. The van der Waals surface area contributed by atoms with Gasteiger partial charge in [-0.25, -0.2) is 4.98 Å². The SMILES string of the molecule is CC(C)(C)c1nnc(-c2ccccc2)nc1Cc1ccccc1. The molecular weight excluding hydrogens is 282 g/mol. The van der Waals surface area contributed by atoms with Gasteiger partial charge in [0.25, 0.3) is 0 Å². The molecule has 0 spiro atoms. The first kappa shape index (κ1) is 15.3. The summed E-state index contributed by atoms with van der Waals surface area (Å²) in [5.74, 6) is 0.685. The van der Waals surface area contributed by atoms with Crippen molar-refractivity contribution in [3.05, 3.63) is 77.6 Å². The van der Waals surface area contributed by atoms with Crippen molar-refractivity contribution in [1.29, 1.82) is 0 Å². The van der Waals surface area contributed by atoms with E-state index in [0.29, 0.717) is 5.82 Å². The van der Waals surface area contributed by atoms with E-state index in [1.54, 1.807) is 0 Å². The lowest BCUT2D eigenvalue weighted by Gasteiger charge is -2.20. The Labute approximate surface area is 137 Å². The number of hydrogen-bond acceptors (Lipinski definition) is 3. The van der Waals surface area contributed by atoms with Gasteiger partial charge in [-0.15, -0.1) is 5.10 Å². The highest BCUT2D eigenvalue weighted by Gasteiger charge is 2.22. The van der Waals surface area contributed by atoms with Crippen molar-refractivity contribution < 1.29 is 0 Å². The minimum atomic E-state index is -0.0840. The maximum Gasteiger partial charge on any atom is 0.182 e.